The number of nitrogens with zero attached hydrogens (tertiary/aromatic N) is 4. The molecule has 6 heteroatoms. The van der Waals surface area contributed by atoms with Gasteiger partial charge in [-0.1, -0.05) is 6.07 Å². The van der Waals surface area contributed by atoms with Gasteiger partial charge < -0.3 is 10.2 Å². The largest absolute Gasteiger partial charge is 0.345 e. The molecule has 1 aliphatic heterocycles. The van der Waals surface area contributed by atoms with Gasteiger partial charge in [-0.2, -0.15) is 5.10 Å². The van der Waals surface area contributed by atoms with Crippen molar-refractivity contribution in [3.8, 4) is 0 Å². The van der Waals surface area contributed by atoms with E-state index in [1.807, 2.05) is 48.1 Å². The van der Waals surface area contributed by atoms with Crippen LogP contribution in [0.3, 0.4) is 0 Å². The van der Waals surface area contributed by atoms with Gasteiger partial charge in [0.25, 0.3) is 0 Å². The Hall–Kier alpha value is -2.21. The van der Waals surface area contributed by atoms with Crippen LogP contribution in [0.5, 0.6) is 0 Å². The molecule has 128 valence electrons. The molecule has 0 bridgehead atoms. The van der Waals surface area contributed by atoms with Crippen molar-refractivity contribution in [2.75, 3.05) is 26.7 Å². The Labute approximate surface area is 142 Å². The van der Waals surface area contributed by atoms with Crippen molar-refractivity contribution in [3.05, 3.63) is 47.5 Å². The van der Waals surface area contributed by atoms with Crippen LogP contribution >= 0.6 is 0 Å². The molecule has 1 aliphatic rings. The van der Waals surface area contributed by atoms with Crippen molar-refractivity contribution in [1.29, 1.82) is 0 Å². The molecule has 2 atom stereocenters. The zero-order valence-corrected chi connectivity index (χ0v) is 14.6. The van der Waals surface area contributed by atoms with Crippen molar-refractivity contribution in [2.45, 2.75) is 19.3 Å². The lowest BCUT2D eigenvalue weighted by atomic mass is 9.88. The van der Waals surface area contributed by atoms with E-state index in [9.17, 15) is 4.79 Å². The molecular weight excluding hydrogens is 302 g/mol. The van der Waals surface area contributed by atoms with Crippen LogP contribution in [0.4, 0.5) is 0 Å². The molecule has 1 fully saturated rings. The number of likely N-dealkylation sites (N-methyl/N-ethyl adjacent to an activating group) is 1. The predicted molar refractivity (Wildman–Crippen MR) is 92.6 cm³/mol. The van der Waals surface area contributed by atoms with E-state index < -0.39 is 0 Å². The van der Waals surface area contributed by atoms with Crippen LogP contribution < -0.4 is 5.32 Å². The van der Waals surface area contributed by atoms with Crippen LogP contribution in [0.15, 0.2) is 30.6 Å². The van der Waals surface area contributed by atoms with Gasteiger partial charge in [0.2, 0.25) is 5.91 Å². The molecule has 0 aromatic carbocycles. The number of pyridine rings is 1. The second-order valence-corrected chi connectivity index (χ2v) is 6.51. The van der Waals surface area contributed by atoms with Gasteiger partial charge in [0, 0.05) is 63.7 Å². The maximum absolute atomic E-state index is 12.9. The first-order valence-corrected chi connectivity index (χ1v) is 8.42. The summed E-state index contributed by atoms with van der Waals surface area (Å²) in [6, 6.07) is 5.88. The zero-order chi connectivity index (χ0) is 17.1. The van der Waals surface area contributed by atoms with Crippen LogP contribution in [0.2, 0.25) is 0 Å². The van der Waals surface area contributed by atoms with Crippen molar-refractivity contribution in [3.63, 3.8) is 0 Å². The van der Waals surface area contributed by atoms with Gasteiger partial charge in [0.15, 0.2) is 0 Å². The smallest absolute Gasteiger partial charge is 0.227 e. The van der Waals surface area contributed by atoms with Gasteiger partial charge in [0.05, 0.1) is 12.1 Å². The molecule has 0 aliphatic carbocycles. The van der Waals surface area contributed by atoms with Gasteiger partial charge in [-0.05, 0) is 24.6 Å². The summed E-state index contributed by atoms with van der Waals surface area (Å²) in [5.41, 5.74) is 3.33. The van der Waals surface area contributed by atoms with Gasteiger partial charge in [-0.3, -0.25) is 14.5 Å². The number of nitrogens with one attached hydrogen (secondary N) is 1. The predicted octanol–water partition coefficient (Wildman–Crippen LogP) is 1.13. The van der Waals surface area contributed by atoms with E-state index in [0.29, 0.717) is 6.54 Å². The molecule has 3 heterocycles. The third kappa shape index (κ3) is 3.33. The average Bonchev–Trinajstić information content (AvgIpc) is 3.20. The fourth-order valence-electron chi connectivity index (χ4n) is 3.37. The highest BCUT2D eigenvalue weighted by atomic mass is 16.2. The number of carbonyl (C=O) groups is 1. The fraction of sp³-hybridized carbons (Fsp3) is 0.500. The zero-order valence-electron chi connectivity index (χ0n) is 14.6. The minimum absolute atomic E-state index is 0.0263. The minimum atomic E-state index is -0.0263. The van der Waals surface area contributed by atoms with Gasteiger partial charge in [0.1, 0.15) is 0 Å². The Morgan fingerprint density at radius 3 is 2.92 bits per heavy atom. The highest BCUT2D eigenvalue weighted by Gasteiger charge is 2.37. The second-order valence-electron chi connectivity index (χ2n) is 6.51. The maximum Gasteiger partial charge on any atom is 0.227 e. The van der Waals surface area contributed by atoms with Crippen molar-refractivity contribution < 1.29 is 4.79 Å². The molecule has 2 aromatic rings. The van der Waals surface area contributed by atoms with E-state index in [-0.39, 0.29) is 17.7 Å². The highest BCUT2D eigenvalue weighted by molar-refractivity contribution is 5.80. The van der Waals surface area contributed by atoms with E-state index in [4.69, 9.17) is 0 Å². The van der Waals surface area contributed by atoms with E-state index in [0.717, 1.165) is 30.9 Å². The first kappa shape index (κ1) is 16.6. The second kappa shape index (κ2) is 7.13. The molecule has 0 unspecified atom stereocenters. The molecule has 3 rings (SSSR count). The normalized spacial score (nSPS) is 20.3. The number of amides is 1. The Morgan fingerprint density at radius 1 is 1.42 bits per heavy atom. The summed E-state index contributed by atoms with van der Waals surface area (Å²) < 4.78 is 1.87. The Kier molecular flexibility index (Phi) is 4.94. The number of hydrogen-bond donors (Lipinski definition) is 1. The molecule has 1 N–H and O–H groups in total. The Balaban J connectivity index is 1.65. The Morgan fingerprint density at radius 2 is 2.25 bits per heavy atom. The molecule has 0 spiro atoms. The molecule has 2 aromatic heterocycles. The van der Waals surface area contributed by atoms with E-state index in [1.54, 1.807) is 6.20 Å². The van der Waals surface area contributed by atoms with Crippen LogP contribution in [0.1, 0.15) is 22.9 Å². The molecule has 6 nitrogen and oxygen atoms in total. The molecule has 0 saturated carbocycles. The van der Waals surface area contributed by atoms with Crippen LogP contribution in [-0.4, -0.2) is 52.3 Å². The van der Waals surface area contributed by atoms with Crippen LogP contribution in [-0.2, 0) is 18.3 Å². The summed E-state index contributed by atoms with van der Waals surface area (Å²) in [6.45, 7) is 4.31. The van der Waals surface area contributed by atoms with Gasteiger partial charge >= 0.3 is 0 Å². The topological polar surface area (TPSA) is 63.1 Å². The third-order valence-corrected chi connectivity index (χ3v) is 5.01. The summed E-state index contributed by atoms with van der Waals surface area (Å²) in [7, 11) is 3.83. The average molecular weight is 327 g/mol. The highest BCUT2D eigenvalue weighted by Crippen LogP contribution is 2.31. The molecule has 0 radical (unpaired) electrons. The molecule has 24 heavy (non-hydrogen) atoms. The number of aromatic nitrogens is 3. The lowest BCUT2D eigenvalue weighted by Gasteiger charge is -2.24. The number of hydrogen-bond acceptors (Lipinski definition) is 4. The maximum atomic E-state index is 12.9. The minimum Gasteiger partial charge on any atom is -0.345 e. The summed E-state index contributed by atoms with van der Waals surface area (Å²) in [6.07, 6.45) is 4.47. The van der Waals surface area contributed by atoms with E-state index >= 15 is 0 Å². The lowest BCUT2D eigenvalue weighted by Crippen LogP contribution is -2.37. The number of aryl methyl sites for hydroxylation is 1. The van der Waals surface area contributed by atoms with Crippen molar-refractivity contribution in [1.82, 2.24) is 25.0 Å². The van der Waals surface area contributed by atoms with Gasteiger partial charge in [-0.15, -0.1) is 0 Å². The van der Waals surface area contributed by atoms with E-state index in [1.165, 1.54) is 5.56 Å². The summed E-state index contributed by atoms with van der Waals surface area (Å²) in [5, 5.41) is 7.70. The van der Waals surface area contributed by atoms with Crippen molar-refractivity contribution in [2.24, 2.45) is 13.0 Å². The first-order valence-electron chi connectivity index (χ1n) is 8.42. The van der Waals surface area contributed by atoms with E-state index in [2.05, 4.69) is 22.3 Å². The lowest BCUT2D eigenvalue weighted by molar-refractivity contribution is -0.134. The number of carbonyl (C=O) groups excluding carboxylic acids is 1. The fourth-order valence-corrected chi connectivity index (χ4v) is 3.37. The standard InChI is InChI=1S/C18H25N5O/c1-13-15(12-21-23(13)3)16-10-19-11-17(16)18(24)22(2)9-7-14-6-4-5-8-20-14/h4-6,8,12,16-17,19H,7,9-11H2,1-3H3/t16-,17+/m1/s1. The summed E-state index contributed by atoms with van der Waals surface area (Å²) in [5.74, 6) is 0.370. The molecule has 1 amide bonds. The first-order chi connectivity index (χ1) is 11.6. The molecule has 1 saturated heterocycles. The molecular formula is C18H25N5O. The quantitative estimate of drug-likeness (QED) is 0.894. The van der Waals surface area contributed by atoms with Crippen LogP contribution in [0.25, 0.3) is 0 Å². The van der Waals surface area contributed by atoms with Crippen molar-refractivity contribution >= 4 is 5.91 Å². The SMILES string of the molecule is Cc1c([C@H]2CNC[C@@H]2C(=O)N(C)CCc2ccccn2)cnn1C. The summed E-state index contributed by atoms with van der Waals surface area (Å²) >= 11 is 0. The third-order valence-electron chi connectivity index (χ3n) is 5.01. The Bertz CT molecular complexity index is 697. The summed E-state index contributed by atoms with van der Waals surface area (Å²) in [4.78, 5) is 19.1. The monoisotopic (exact) mass is 327 g/mol. The van der Waals surface area contributed by atoms with Gasteiger partial charge in [-0.25, -0.2) is 0 Å². The van der Waals surface area contributed by atoms with Crippen LogP contribution in [0, 0.1) is 12.8 Å². The number of rotatable bonds is 5.